The van der Waals surface area contributed by atoms with Crippen molar-refractivity contribution in [2.45, 2.75) is 57.0 Å². The van der Waals surface area contributed by atoms with E-state index in [0.717, 1.165) is 12.0 Å². The Morgan fingerprint density at radius 3 is 2.83 bits per heavy atom. The predicted molar refractivity (Wildman–Crippen MR) is 80.3 cm³/mol. The lowest BCUT2D eigenvalue weighted by Crippen LogP contribution is -2.64. The van der Waals surface area contributed by atoms with Gasteiger partial charge in [0.15, 0.2) is 0 Å². The molecule has 3 aliphatic rings. The first-order valence-corrected chi connectivity index (χ1v) is 9.00. The predicted octanol–water partition coefficient (Wildman–Crippen LogP) is 2.74. The number of hydrogen-bond acceptors (Lipinski definition) is 3. The van der Waals surface area contributed by atoms with Gasteiger partial charge >= 0.3 is 0 Å². The Hall–Kier alpha value is 0.270. The fourth-order valence-electron chi connectivity index (χ4n) is 3.96. The van der Waals surface area contributed by atoms with Crippen LogP contribution >= 0.6 is 11.8 Å². The van der Waals surface area contributed by atoms with E-state index in [4.69, 9.17) is 0 Å². The zero-order valence-electron chi connectivity index (χ0n) is 11.8. The van der Waals surface area contributed by atoms with Gasteiger partial charge in [-0.05, 0) is 43.6 Å². The van der Waals surface area contributed by atoms with E-state index in [0.29, 0.717) is 5.54 Å². The average Bonchev–Trinajstić information content (AvgIpc) is 2.88. The highest BCUT2D eigenvalue weighted by molar-refractivity contribution is 7.99. The SMILES string of the molecule is CC1CNC2(CCCCC2)CN1CC1CCSC1. The van der Waals surface area contributed by atoms with E-state index in [1.165, 1.54) is 69.7 Å². The highest BCUT2D eigenvalue weighted by Gasteiger charge is 2.39. The number of nitrogens with zero attached hydrogens (tertiary/aromatic N) is 1. The van der Waals surface area contributed by atoms with Crippen LogP contribution in [0.15, 0.2) is 0 Å². The van der Waals surface area contributed by atoms with Gasteiger partial charge in [0.2, 0.25) is 0 Å². The average molecular weight is 268 g/mol. The highest BCUT2D eigenvalue weighted by atomic mass is 32.2. The topological polar surface area (TPSA) is 15.3 Å². The zero-order chi connectivity index (χ0) is 12.4. The Morgan fingerprint density at radius 2 is 2.11 bits per heavy atom. The molecular formula is C15H28N2S. The molecule has 1 saturated carbocycles. The minimum Gasteiger partial charge on any atom is -0.308 e. The van der Waals surface area contributed by atoms with Gasteiger partial charge in [0.05, 0.1) is 0 Å². The molecule has 2 heterocycles. The summed E-state index contributed by atoms with van der Waals surface area (Å²) in [7, 11) is 0. The Bertz CT molecular complexity index is 270. The molecule has 2 aliphatic heterocycles. The van der Waals surface area contributed by atoms with E-state index < -0.39 is 0 Å². The third kappa shape index (κ3) is 2.88. The maximum absolute atomic E-state index is 3.89. The first kappa shape index (κ1) is 13.3. The summed E-state index contributed by atoms with van der Waals surface area (Å²) >= 11 is 2.16. The van der Waals surface area contributed by atoms with Gasteiger partial charge in [-0.2, -0.15) is 11.8 Å². The molecule has 3 heteroatoms. The molecule has 2 saturated heterocycles. The summed E-state index contributed by atoms with van der Waals surface area (Å²) in [5, 5.41) is 3.89. The molecule has 0 amide bonds. The van der Waals surface area contributed by atoms with E-state index in [-0.39, 0.29) is 0 Å². The first-order valence-electron chi connectivity index (χ1n) is 7.84. The van der Waals surface area contributed by atoms with Crippen molar-refractivity contribution >= 4 is 11.8 Å². The van der Waals surface area contributed by atoms with Crippen molar-refractivity contribution in [3.63, 3.8) is 0 Å². The van der Waals surface area contributed by atoms with Crippen LogP contribution in [-0.2, 0) is 0 Å². The summed E-state index contributed by atoms with van der Waals surface area (Å²) in [6.45, 7) is 6.29. The monoisotopic (exact) mass is 268 g/mol. The van der Waals surface area contributed by atoms with Gasteiger partial charge in [-0.3, -0.25) is 4.90 Å². The molecule has 0 aromatic heterocycles. The van der Waals surface area contributed by atoms with E-state index in [1.807, 2.05) is 0 Å². The molecule has 0 aromatic rings. The molecule has 0 bridgehead atoms. The van der Waals surface area contributed by atoms with Crippen molar-refractivity contribution in [2.24, 2.45) is 5.92 Å². The van der Waals surface area contributed by atoms with Gasteiger partial charge in [-0.1, -0.05) is 19.3 Å². The van der Waals surface area contributed by atoms with Crippen molar-refractivity contribution < 1.29 is 0 Å². The summed E-state index contributed by atoms with van der Waals surface area (Å²) in [4.78, 5) is 2.80. The lowest BCUT2D eigenvalue weighted by molar-refractivity contribution is 0.0537. The van der Waals surface area contributed by atoms with Crippen LogP contribution in [0, 0.1) is 5.92 Å². The second kappa shape index (κ2) is 5.72. The van der Waals surface area contributed by atoms with Crippen LogP contribution in [-0.4, -0.2) is 47.6 Å². The standard InChI is InChI=1S/C15H28N2S/c1-13-9-16-15(6-3-2-4-7-15)12-17(13)10-14-5-8-18-11-14/h13-14,16H,2-12H2,1H3. The van der Waals surface area contributed by atoms with Crippen LogP contribution in [0.25, 0.3) is 0 Å². The van der Waals surface area contributed by atoms with Crippen LogP contribution in [0.5, 0.6) is 0 Å². The molecule has 104 valence electrons. The van der Waals surface area contributed by atoms with Gasteiger partial charge in [0, 0.05) is 31.2 Å². The van der Waals surface area contributed by atoms with Crippen LogP contribution < -0.4 is 5.32 Å². The normalized spacial score (nSPS) is 37.2. The Morgan fingerprint density at radius 1 is 1.28 bits per heavy atom. The molecule has 3 rings (SSSR count). The zero-order valence-corrected chi connectivity index (χ0v) is 12.6. The maximum Gasteiger partial charge on any atom is 0.0309 e. The van der Waals surface area contributed by atoms with E-state index in [1.54, 1.807) is 0 Å². The molecule has 0 aromatic carbocycles. The summed E-state index contributed by atoms with van der Waals surface area (Å²) in [6.07, 6.45) is 8.61. The molecular weight excluding hydrogens is 240 g/mol. The van der Waals surface area contributed by atoms with Gasteiger partial charge < -0.3 is 5.32 Å². The maximum atomic E-state index is 3.89. The largest absolute Gasteiger partial charge is 0.308 e. The van der Waals surface area contributed by atoms with Crippen molar-refractivity contribution in [1.82, 2.24) is 10.2 Å². The second-order valence-electron chi connectivity index (χ2n) is 6.73. The van der Waals surface area contributed by atoms with Crippen LogP contribution in [0.3, 0.4) is 0 Å². The van der Waals surface area contributed by atoms with E-state index in [2.05, 4.69) is 28.9 Å². The minimum atomic E-state index is 0.483. The number of piperazine rings is 1. The van der Waals surface area contributed by atoms with Crippen molar-refractivity contribution in [3.8, 4) is 0 Å². The van der Waals surface area contributed by atoms with Crippen molar-refractivity contribution in [3.05, 3.63) is 0 Å². The Labute approximate surface area is 116 Å². The Balaban J connectivity index is 1.60. The minimum absolute atomic E-state index is 0.483. The summed E-state index contributed by atoms with van der Waals surface area (Å²) in [5.41, 5.74) is 0.483. The van der Waals surface area contributed by atoms with E-state index >= 15 is 0 Å². The fourth-order valence-corrected chi connectivity index (χ4v) is 5.23. The van der Waals surface area contributed by atoms with Crippen LogP contribution in [0.1, 0.15) is 45.4 Å². The van der Waals surface area contributed by atoms with Gasteiger partial charge in [-0.25, -0.2) is 0 Å². The van der Waals surface area contributed by atoms with Crippen molar-refractivity contribution in [2.75, 3.05) is 31.1 Å². The van der Waals surface area contributed by atoms with E-state index in [9.17, 15) is 0 Å². The fraction of sp³-hybridized carbons (Fsp3) is 1.00. The van der Waals surface area contributed by atoms with Crippen LogP contribution in [0.4, 0.5) is 0 Å². The lowest BCUT2D eigenvalue weighted by Gasteiger charge is -2.49. The molecule has 2 nitrogen and oxygen atoms in total. The third-order valence-electron chi connectivity index (χ3n) is 5.23. The summed E-state index contributed by atoms with van der Waals surface area (Å²) < 4.78 is 0. The van der Waals surface area contributed by atoms with Crippen LogP contribution in [0.2, 0.25) is 0 Å². The highest BCUT2D eigenvalue weighted by Crippen LogP contribution is 2.33. The summed E-state index contributed by atoms with van der Waals surface area (Å²) in [6, 6.07) is 0.739. The number of thioether (sulfide) groups is 1. The molecule has 2 unspecified atom stereocenters. The van der Waals surface area contributed by atoms with Gasteiger partial charge in [0.1, 0.15) is 0 Å². The molecule has 1 aliphatic carbocycles. The molecule has 1 N–H and O–H groups in total. The Kier molecular flexibility index (Phi) is 4.21. The second-order valence-corrected chi connectivity index (χ2v) is 7.88. The molecule has 18 heavy (non-hydrogen) atoms. The molecule has 0 radical (unpaired) electrons. The van der Waals surface area contributed by atoms with Gasteiger partial charge in [0.25, 0.3) is 0 Å². The first-order chi connectivity index (χ1) is 8.77. The molecule has 1 spiro atoms. The molecule has 3 fully saturated rings. The lowest BCUT2D eigenvalue weighted by atomic mass is 9.79. The third-order valence-corrected chi connectivity index (χ3v) is 6.46. The number of nitrogens with one attached hydrogen (secondary N) is 1. The number of rotatable bonds is 2. The summed E-state index contributed by atoms with van der Waals surface area (Å²) in [5.74, 6) is 3.77. The van der Waals surface area contributed by atoms with Crippen molar-refractivity contribution in [1.29, 1.82) is 0 Å². The molecule has 2 atom stereocenters. The smallest absolute Gasteiger partial charge is 0.0309 e. The number of hydrogen-bond donors (Lipinski definition) is 1. The quantitative estimate of drug-likeness (QED) is 0.829. The van der Waals surface area contributed by atoms with Gasteiger partial charge in [-0.15, -0.1) is 0 Å².